The molecular formula is C8H9N3O6. The summed E-state index contributed by atoms with van der Waals surface area (Å²) in [6.45, 7) is -0.523. The number of pyridine rings is 1. The van der Waals surface area contributed by atoms with Crippen LogP contribution in [0.1, 0.15) is 5.69 Å². The zero-order valence-corrected chi connectivity index (χ0v) is 8.59. The molecule has 0 aliphatic rings. The molecule has 92 valence electrons. The van der Waals surface area contributed by atoms with Crippen molar-refractivity contribution in [3.8, 4) is 0 Å². The molecule has 0 aromatic carbocycles. The van der Waals surface area contributed by atoms with E-state index < -0.39 is 22.9 Å². The lowest BCUT2D eigenvalue weighted by atomic mass is 10.2. The lowest BCUT2D eigenvalue weighted by Gasteiger charge is -2.12. The summed E-state index contributed by atoms with van der Waals surface area (Å²) in [7, 11) is 0. The zero-order chi connectivity index (χ0) is 12.7. The Morgan fingerprint density at radius 2 is 2.06 bits per heavy atom. The molecule has 17 heavy (non-hydrogen) atoms. The van der Waals surface area contributed by atoms with Gasteiger partial charge < -0.3 is 9.68 Å². The molecule has 9 nitrogen and oxygen atoms in total. The van der Waals surface area contributed by atoms with Gasteiger partial charge in [0.1, 0.15) is 12.7 Å². The fourth-order valence-electron chi connectivity index (χ4n) is 1.14. The van der Waals surface area contributed by atoms with Gasteiger partial charge in [-0.25, -0.2) is 0 Å². The number of hydrogen-bond donors (Lipinski definition) is 0. The highest BCUT2D eigenvalue weighted by Gasteiger charge is 2.16. The highest BCUT2D eigenvalue weighted by Crippen LogP contribution is 2.04. The summed E-state index contributed by atoms with van der Waals surface area (Å²) in [4.78, 5) is 32.4. The third-order valence-corrected chi connectivity index (χ3v) is 1.76. The first-order valence-corrected chi connectivity index (χ1v) is 4.56. The summed E-state index contributed by atoms with van der Waals surface area (Å²) in [5, 5.41) is 18.1. The summed E-state index contributed by atoms with van der Waals surface area (Å²) in [6.07, 6.45) is 0.494. The van der Waals surface area contributed by atoms with Crippen LogP contribution in [0, 0.1) is 20.2 Å². The van der Waals surface area contributed by atoms with E-state index in [9.17, 15) is 20.2 Å². The Balaban J connectivity index is 2.56. The first kappa shape index (κ1) is 12.6. The molecule has 0 N–H and O–H groups in total. The highest BCUT2D eigenvalue weighted by atomic mass is 17.0. The number of hydrogen-bond acceptors (Lipinski definition) is 7. The summed E-state index contributed by atoms with van der Waals surface area (Å²) < 4.78 is 0. The van der Waals surface area contributed by atoms with Gasteiger partial charge in [-0.15, -0.1) is 20.2 Å². The molecule has 1 aromatic rings. The molecule has 1 atom stereocenters. The van der Waals surface area contributed by atoms with Crippen molar-refractivity contribution in [3.63, 3.8) is 0 Å². The van der Waals surface area contributed by atoms with Crippen molar-refractivity contribution in [1.82, 2.24) is 4.98 Å². The van der Waals surface area contributed by atoms with Gasteiger partial charge in [0.2, 0.25) is 0 Å². The number of aromatic nitrogens is 1. The van der Waals surface area contributed by atoms with Crippen molar-refractivity contribution in [2.45, 2.75) is 12.5 Å². The van der Waals surface area contributed by atoms with Gasteiger partial charge >= 0.3 is 0 Å². The van der Waals surface area contributed by atoms with Crippen LogP contribution in [0.3, 0.4) is 0 Å². The van der Waals surface area contributed by atoms with Gasteiger partial charge in [0.25, 0.3) is 10.2 Å². The van der Waals surface area contributed by atoms with Crippen LogP contribution in [0.2, 0.25) is 0 Å². The molecule has 0 aliphatic heterocycles. The van der Waals surface area contributed by atoms with Gasteiger partial charge in [0, 0.05) is 18.3 Å². The maximum atomic E-state index is 10.2. The molecule has 0 saturated heterocycles. The van der Waals surface area contributed by atoms with Crippen LogP contribution in [0.25, 0.3) is 0 Å². The van der Waals surface area contributed by atoms with Crippen molar-refractivity contribution >= 4 is 0 Å². The largest absolute Gasteiger partial charge is 0.312 e. The van der Waals surface area contributed by atoms with E-state index in [1.165, 1.54) is 6.20 Å². The number of nitrogens with zero attached hydrogens (tertiary/aromatic N) is 3. The maximum Gasteiger partial charge on any atom is 0.294 e. The van der Waals surface area contributed by atoms with E-state index in [-0.39, 0.29) is 6.42 Å². The Bertz CT molecular complexity index is 384. The quantitative estimate of drug-likeness (QED) is 0.502. The molecule has 0 bridgehead atoms. The van der Waals surface area contributed by atoms with Crippen molar-refractivity contribution in [2.75, 3.05) is 6.61 Å². The summed E-state index contributed by atoms with van der Waals surface area (Å²) in [5.74, 6) is 0. The molecule has 1 heterocycles. The second-order valence-electron chi connectivity index (χ2n) is 3.00. The average Bonchev–Trinajstić information content (AvgIpc) is 2.26. The van der Waals surface area contributed by atoms with E-state index in [1.54, 1.807) is 18.2 Å². The molecule has 1 aromatic heterocycles. The van der Waals surface area contributed by atoms with Gasteiger partial charge in [-0.3, -0.25) is 4.98 Å². The topological polar surface area (TPSA) is 118 Å². The second-order valence-corrected chi connectivity index (χ2v) is 3.00. The van der Waals surface area contributed by atoms with E-state index >= 15 is 0 Å². The average molecular weight is 243 g/mol. The van der Waals surface area contributed by atoms with E-state index in [2.05, 4.69) is 14.7 Å². The summed E-state index contributed by atoms with van der Waals surface area (Å²) in [5.41, 5.74) is 0.520. The molecule has 0 fully saturated rings. The van der Waals surface area contributed by atoms with Gasteiger partial charge in [-0.2, -0.15) is 0 Å². The van der Waals surface area contributed by atoms with Gasteiger partial charge in [-0.05, 0) is 12.1 Å². The molecular weight excluding hydrogens is 234 g/mol. The van der Waals surface area contributed by atoms with E-state index in [0.717, 1.165) is 0 Å². The summed E-state index contributed by atoms with van der Waals surface area (Å²) in [6, 6.07) is 5.00. The minimum absolute atomic E-state index is 0.0513. The van der Waals surface area contributed by atoms with Crippen molar-refractivity contribution in [1.29, 1.82) is 0 Å². The lowest BCUT2D eigenvalue weighted by Crippen LogP contribution is -2.27. The first-order valence-electron chi connectivity index (χ1n) is 4.56. The Labute approximate surface area is 95.2 Å². The van der Waals surface area contributed by atoms with E-state index in [1.807, 2.05) is 0 Å². The Kier molecular flexibility index (Phi) is 4.60. The predicted molar refractivity (Wildman–Crippen MR) is 52.8 cm³/mol. The highest BCUT2D eigenvalue weighted by molar-refractivity contribution is 5.04. The van der Waals surface area contributed by atoms with Crippen LogP contribution in [-0.2, 0) is 16.1 Å². The Morgan fingerprint density at radius 1 is 1.29 bits per heavy atom. The molecule has 0 saturated carbocycles. The van der Waals surface area contributed by atoms with E-state index in [4.69, 9.17) is 0 Å². The van der Waals surface area contributed by atoms with Crippen LogP contribution in [-0.4, -0.2) is 27.9 Å². The first-order chi connectivity index (χ1) is 8.08. The minimum atomic E-state index is -1.06. The third kappa shape index (κ3) is 5.25. The smallest absolute Gasteiger partial charge is 0.294 e. The zero-order valence-electron chi connectivity index (χ0n) is 8.59. The normalized spacial score (nSPS) is 11.5. The molecule has 9 heteroatoms. The van der Waals surface area contributed by atoms with Crippen LogP contribution in [0.4, 0.5) is 0 Å². The second kappa shape index (κ2) is 6.20. The van der Waals surface area contributed by atoms with Crippen LogP contribution in [0.5, 0.6) is 0 Å². The Morgan fingerprint density at radius 3 is 2.59 bits per heavy atom. The number of rotatable bonds is 7. The lowest BCUT2D eigenvalue weighted by molar-refractivity contribution is -0.790. The minimum Gasteiger partial charge on any atom is -0.312 e. The fraction of sp³-hybridized carbons (Fsp3) is 0.375. The molecule has 0 aliphatic carbocycles. The van der Waals surface area contributed by atoms with Gasteiger partial charge in [-0.1, -0.05) is 6.07 Å². The van der Waals surface area contributed by atoms with Crippen molar-refractivity contribution < 1.29 is 19.8 Å². The van der Waals surface area contributed by atoms with Crippen LogP contribution in [0.15, 0.2) is 24.4 Å². The molecule has 0 radical (unpaired) electrons. The third-order valence-electron chi connectivity index (χ3n) is 1.76. The molecule has 1 rings (SSSR count). The van der Waals surface area contributed by atoms with Crippen LogP contribution >= 0.6 is 0 Å². The predicted octanol–water partition coefficient (Wildman–Crippen LogP) is 0.409. The van der Waals surface area contributed by atoms with E-state index in [0.29, 0.717) is 5.69 Å². The molecule has 1 unspecified atom stereocenters. The van der Waals surface area contributed by atoms with Crippen molar-refractivity contribution in [3.05, 3.63) is 50.3 Å². The molecule has 0 spiro atoms. The maximum absolute atomic E-state index is 10.2. The Hall–Kier alpha value is -2.45. The van der Waals surface area contributed by atoms with Crippen LogP contribution < -0.4 is 0 Å². The standard InChI is InChI=1S/C8H9N3O6/c12-10(13)16-6-8(17-11(14)15)5-7-3-1-2-4-9-7/h1-4,8H,5-6H2. The SMILES string of the molecule is O=[N+]([O-])OCC(Cc1ccccn1)O[N+](=O)[O-]. The fourth-order valence-corrected chi connectivity index (χ4v) is 1.14. The monoisotopic (exact) mass is 243 g/mol. The summed E-state index contributed by atoms with van der Waals surface area (Å²) >= 11 is 0. The van der Waals surface area contributed by atoms with Gasteiger partial charge in [0.05, 0.1) is 0 Å². The molecule has 0 amide bonds. The van der Waals surface area contributed by atoms with Gasteiger partial charge in [0.15, 0.2) is 0 Å². The van der Waals surface area contributed by atoms with Crippen molar-refractivity contribution in [2.24, 2.45) is 0 Å².